The number of nitrogens with one attached hydrogen (secondary N) is 1. The molecule has 2 aliphatic heterocycles. The van der Waals surface area contributed by atoms with Crippen LogP contribution >= 0.6 is 0 Å². The molecule has 0 spiro atoms. The molecular weight excluding hydrogens is 122 g/mol. The van der Waals surface area contributed by atoms with Crippen molar-refractivity contribution in [3.05, 3.63) is 0 Å². The average molecular weight is 139 g/mol. The Morgan fingerprint density at radius 3 is 2.60 bits per heavy atom. The molecule has 0 aromatic carbocycles. The summed E-state index contributed by atoms with van der Waals surface area (Å²) in [5.41, 5.74) is 0.749. The summed E-state index contributed by atoms with van der Waals surface area (Å²) in [7, 11) is 0. The van der Waals surface area contributed by atoms with Crippen LogP contribution in [0, 0.1) is 11.3 Å². The predicted octanol–water partition coefficient (Wildman–Crippen LogP) is 1.78. The van der Waals surface area contributed by atoms with E-state index in [1.54, 1.807) is 0 Å². The summed E-state index contributed by atoms with van der Waals surface area (Å²) in [6.07, 6.45) is 4.37. The Bertz CT molecular complexity index is 128. The van der Waals surface area contributed by atoms with E-state index in [0.29, 0.717) is 0 Å². The number of hydrogen-bond donors (Lipinski definition) is 1. The van der Waals surface area contributed by atoms with Crippen molar-refractivity contribution >= 4 is 0 Å². The third-order valence-corrected chi connectivity index (χ3v) is 2.97. The highest BCUT2D eigenvalue weighted by Gasteiger charge is 2.49. The van der Waals surface area contributed by atoms with Gasteiger partial charge in [0.2, 0.25) is 0 Å². The maximum Gasteiger partial charge on any atom is 0.00788 e. The van der Waals surface area contributed by atoms with Crippen molar-refractivity contribution in [2.75, 3.05) is 6.54 Å². The quantitative estimate of drug-likeness (QED) is 0.615. The van der Waals surface area contributed by atoms with Gasteiger partial charge in [-0.25, -0.2) is 0 Å². The van der Waals surface area contributed by atoms with Gasteiger partial charge in [-0.2, -0.15) is 0 Å². The lowest BCUT2D eigenvalue weighted by atomic mass is 9.66. The fourth-order valence-electron chi connectivity index (χ4n) is 2.74. The van der Waals surface area contributed by atoms with E-state index in [1.807, 2.05) is 0 Å². The molecular formula is C9H17N. The third kappa shape index (κ3) is 0.878. The molecule has 2 bridgehead atoms. The summed E-state index contributed by atoms with van der Waals surface area (Å²) >= 11 is 0. The maximum absolute atomic E-state index is 3.54. The monoisotopic (exact) mass is 139 g/mol. The highest BCUT2D eigenvalue weighted by Crippen LogP contribution is 2.50. The van der Waals surface area contributed by atoms with E-state index in [0.717, 1.165) is 17.4 Å². The predicted molar refractivity (Wildman–Crippen MR) is 42.9 cm³/mol. The van der Waals surface area contributed by atoms with Crippen molar-refractivity contribution in [3.8, 4) is 0 Å². The van der Waals surface area contributed by atoms with Crippen LogP contribution in [0.1, 0.15) is 33.1 Å². The number of rotatable bonds is 2. The largest absolute Gasteiger partial charge is 0.313 e. The molecule has 1 aliphatic carbocycles. The van der Waals surface area contributed by atoms with Gasteiger partial charge in [-0.05, 0) is 30.6 Å². The Morgan fingerprint density at radius 2 is 2.20 bits per heavy atom. The molecule has 3 fully saturated rings. The lowest BCUT2D eigenvalue weighted by molar-refractivity contribution is 0.157. The lowest BCUT2D eigenvalue weighted by Gasteiger charge is -2.38. The van der Waals surface area contributed by atoms with Crippen LogP contribution in [0.4, 0.5) is 0 Å². The molecule has 3 aliphatic rings. The molecule has 1 N–H and O–H groups in total. The van der Waals surface area contributed by atoms with Gasteiger partial charge in [0, 0.05) is 12.6 Å². The van der Waals surface area contributed by atoms with E-state index in [-0.39, 0.29) is 0 Å². The molecule has 2 saturated heterocycles. The van der Waals surface area contributed by atoms with Gasteiger partial charge in [0.15, 0.2) is 0 Å². The Morgan fingerprint density at radius 1 is 1.50 bits per heavy atom. The van der Waals surface area contributed by atoms with Gasteiger partial charge in [-0.3, -0.25) is 0 Å². The van der Waals surface area contributed by atoms with E-state index < -0.39 is 0 Å². The van der Waals surface area contributed by atoms with Crippen LogP contribution in [0.3, 0.4) is 0 Å². The molecule has 0 aromatic rings. The third-order valence-electron chi connectivity index (χ3n) is 2.97. The molecule has 0 radical (unpaired) electrons. The summed E-state index contributed by atoms with van der Waals surface area (Å²) in [5.74, 6) is 0.890. The van der Waals surface area contributed by atoms with Crippen LogP contribution < -0.4 is 5.32 Å². The number of hydrogen-bond acceptors (Lipinski definition) is 1. The van der Waals surface area contributed by atoms with E-state index >= 15 is 0 Å². The maximum atomic E-state index is 3.54. The van der Waals surface area contributed by atoms with Crippen molar-refractivity contribution in [2.24, 2.45) is 11.3 Å². The molecule has 10 heavy (non-hydrogen) atoms. The second-order valence-corrected chi connectivity index (χ2v) is 4.58. The summed E-state index contributed by atoms with van der Waals surface area (Å²) in [5, 5.41) is 3.54. The van der Waals surface area contributed by atoms with Crippen molar-refractivity contribution in [3.63, 3.8) is 0 Å². The van der Waals surface area contributed by atoms with Crippen molar-refractivity contribution in [1.82, 2.24) is 5.32 Å². The minimum Gasteiger partial charge on any atom is -0.313 e. The van der Waals surface area contributed by atoms with Gasteiger partial charge in [-0.15, -0.1) is 0 Å². The van der Waals surface area contributed by atoms with E-state index in [4.69, 9.17) is 0 Å². The Kier molecular flexibility index (Phi) is 1.31. The Balaban J connectivity index is 1.92. The summed E-state index contributed by atoms with van der Waals surface area (Å²) in [6.45, 7) is 5.97. The standard InChI is InChI=1S/C9H17N/c1-7(2)3-9-4-8(5-9)10-6-9/h7-8,10H,3-6H2,1-2H3. The molecule has 1 saturated carbocycles. The van der Waals surface area contributed by atoms with Gasteiger partial charge in [0.05, 0.1) is 0 Å². The lowest BCUT2D eigenvalue weighted by Crippen LogP contribution is -2.34. The molecule has 2 heterocycles. The highest BCUT2D eigenvalue weighted by atomic mass is 15.0. The SMILES string of the molecule is CC(C)CC12CNC(C1)C2. The zero-order valence-electron chi connectivity index (χ0n) is 6.98. The molecule has 0 unspecified atom stereocenters. The summed E-state index contributed by atoms with van der Waals surface area (Å²) in [4.78, 5) is 0. The van der Waals surface area contributed by atoms with E-state index in [9.17, 15) is 0 Å². The normalized spacial score (nSPS) is 44.1. The molecule has 0 aromatic heterocycles. The van der Waals surface area contributed by atoms with Crippen LogP contribution in [0.5, 0.6) is 0 Å². The van der Waals surface area contributed by atoms with E-state index in [2.05, 4.69) is 19.2 Å². The molecule has 3 rings (SSSR count). The zero-order valence-corrected chi connectivity index (χ0v) is 6.98. The molecule has 0 amide bonds. The molecule has 1 heteroatoms. The first-order valence-electron chi connectivity index (χ1n) is 4.44. The first-order valence-corrected chi connectivity index (χ1v) is 4.44. The average Bonchev–Trinajstić information content (AvgIpc) is 2.18. The molecule has 1 nitrogen and oxygen atoms in total. The first kappa shape index (κ1) is 6.66. The smallest absolute Gasteiger partial charge is 0.00788 e. The second kappa shape index (κ2) is 1.97. The van der Waals surface area contributed by atoms with Crippen molar-refractivity contribution < 1.29 is 0 Å². The van der Waals surface area contributed by atoms with Crippen LogP contribution in [0.2, 0.25) is 0 Å². The fourth-order valence-corrected chi connectivity index (χ4v) is 2.74. The van der Waals surface area contributed by atoms with Crippen molar-refractivity contribution in [1.29, 1.82) is 0 Å². The minimum absolute atomic E-state index is 0.749. The zero-order chi connectivity index (χ0) is 7.19. The van der Waals surface area contributed by atoms with Crippen molar-refractivity contribution in [2.45, 2.75) is 39.2 Å². The Hall–Kier alpha value is -0.0400. The van der Waals surface area contributed by atoms with Gasteiger partial charge in [0.25, 0.3) is 0 Å². The molecule has 58 valence electrons. The van der Waals surface area contributed by atoms with Crippen LogP contribution in [0.25, 0.3) is 0 Å². The topological polar surface area (TPSA) is 12.0 Å². The number of fused-ring (bicyclic) bond motifs is 1. The van der Waals surface area contributed by atoms with Crippen LogP contribution in [-0.2, 0) is 0 Å². The highest BCUT2D eigenvalue weighted by molar-refractivity contribution is 5.06. The van der Waals surface area contributed by atoms with Gasteiger partial charge in [0.1, 0.15) is 0 Å². The fraction of sp³-hybridized carbons (Fsp3) is 1.00. The summed E-state index contributed by atoms with van der Waals surface area (Å²) < 4.78 is 0. The van der Waals surface area contributed by atoms with Gasteiger partial charge in [-0.1, -0.05) is 13.8 Å². The second-order valence-electron chi connectivity index (χ2n) is 4.58. The summed E-state index contributed by atoms with van der Waals surface area (Å²) in [6, 6.07) is 0.902. The van der Waals surface area contributed by atoms with Gasteiger partial charge >= 0.3 is 0 Å². The van der Waals surface area contributed by atoms with Crippen LogP contribution in [-0.4, -0.2) is 12.6 Å². The van der Waals surface area contributed by atoms with Crippen LogP contribution in [0.15, 0.2) is 0 Å². The van der Waals surface area contributed by atoms with Gasteiger partial charge < -0.3 is 5.32 Å². The van der Waals surface area contributed by atoms with E-state index in [1.165, 1.54) is 25.8 Å². The first-order chi connectivity index (χ1) is 4.70. The minimum atomic E-state index is 0.749. The molecule has 0 atom stereocenters. The Labute approximate surface area is 63.2 Å².